The van der Waals surface area contributed by atoms with Gasteiger partial charge in [-0.2, -0.15) is 5.10 Å². The molecule has 5 heteroatoms. The minimum atomic E-state index is 0.454. The number of nitrogens with zero attached hydrogens (tertiary/aromatic N) is 2. The number of H-pyrrole nitrogens is 1. The molecule has 1 atom stereocenters. The van der Waals surface area contributed by atoms with Gasteiger partial charge in [-0.15, -0.1) is 0 Å². The molecule has 10 heavy (non-hydrogen) atoms. The van der Waals surface area contributed by atoms with E-state index in [1.807, 2.05) is 0 Å². The summed E-state index contributed by atoms with van der Waals surface area (Å²) in [6.07, 6.45) is 1.96. The minimum absolute atomic E-state index is 0.454. The quantitative estimate of drug-likeness (QED) is 0.506. The molecule has 1 saturated heterocycles. The molecule has 1 unspecified atom stereocenters. The van der Waals surface area contributed by atoms with E-state index in [0.717, 1.165) is 17.5 Å². The maximum Gasteiger partial charge on any atom is 0.183 e. The highest BCUT2D eigenvalue weighted by molar-refractivity contribution is 7.99. The zero-order valence-corrected chi connectivity index (χ0v) is 6.10. The van der Waals surface area contributed by atoms with Crippen LogP contribution in [0.5, 0.6) is 0 Å². The summed E-state index contributed by atoms with van der Waals surface area (Å²) >= 11 is 1.64. The number of hydrogen-bond acceptors (Lipinski definition) is 4. The normalized spacial score (nSPS) is 23.0. The lowest BCUT2D eigenvalue weighted by atomic mass is 10.6. The Balaban J connectivity index is 1.79. The molecule has 0 amide bonds. The fourth-order valence-electron chi connectivity index (χ4n) is 0.600. The molecule has 0 bridgehead atoms. The molecule has 0 spiro atoms. The Morgan fingerprint density at radius 1 is 1.90 bits per heavy atom. The average molecular weight is 157 g/mol. The second-order valence-electron chi connectivity index (χ2n) is 2.06. The van der Waals surface area contributed by atoms with Crippen molar-refractivity contribution in [3.63, 3.8) is 0 Å². The average Bonchev–Trinajstić information content (AvgIpc) is 2.63. The Morgan fingerprint density at radius 3 is 3.40 bits per heavy atom. The number of nitrogens with one attached hydrogen (secondary N) is 1. The van der Waals surface area contributed by atoms with Crippen LogP contribution in [0.15, 0.2) is 11.5 Å². The van der Waals surface area contributed by atoms with Crippen LogP contribution >= 0.6 is 11.8 Å². The minimum Gasteiger partial charge on any atom is -0.372 e. The van der Waals surface area contributed by atoms with Gasteiger partial charge in [-0.05, 0) is 0 Å². The van der Waals surface area contributed by atoms with Gasteiger partial charge in [0.05, 0.1) is 12.7 Å². The Hall–Kier alpha value is -0.550. The number of rotatable bonds is 3. The molecule has 1 aromatic heterocycles. The largest absolute Gasteiger partial charge is 0.372 e. The predicted molar refractivity (Wildman–Crippen MR) is 36.8 cm³/mol. The number of aromatic amines is 1. The lowest BCUT2D eigenvalue weighted by molar-refractivity contribution is 0.426. The first kappa shape index (κ1) is 6.18. The van der Waals surface area contributed by atoms with Gasteiger partial charge in [0.1, 0.15) is 6.33 Å². The van der Waals surface area contributed by atoms with Crippen molar-refractivity contribution in [2.75, 3.05) is 12.4 Å². The van der Waals surface area contributed by atoms with Crippen LogP contribution in [-0.2, 0) is 4.74 Å². The number of epoxide rings is 1. The first-order chi connectivity index (χ1) is 4.95. The summed E-state index contributed by atoms with van der Waals surface area (Å²) in [5.74, 6) is 0.981. The van der Waals surface area contributed by atoms with Crippen molar-refractivity contribution >= 4 is 11.8 Å². The van der Waals surface area contributed by atoms with E-state index >= 15 is 0 Å². The van der Waals surface area contributed by atoms with E-state index in [1.54, 1.807) is 11.8 Å². The smallest absolute Gasteiger partial charge is 0.183 e. The molecule has 1 aromatic rings. The van der Waals surface area contributed by atoms with Crippen LogP contribution in [0, 0.1) is 0 Å². The van der Waals surface area contributed by atoms with Crippen LogP contribution in [0.25, 0.3) is 0 Å². The first-order valence-electron chi connectivity index (χ1n) is 3.05. The van der Waals surface area contributed by atoms with Gasteiger partial charge in [0.2, 0.25) is 0 Å². The van der Waals surface area contributed by atoms with E-state index in [2.05, 4.69) is 15.2 Å². The maximum absolute atomic E-state index is 5.02. The molecular formula is C5H7N3OS. The van der Waals surface area contributed by atoms with Crippen LogP contribution in [0.1, 0.15) is 0 Å². The molecule has 2 heterocycles. The third kappa shape index (κ3) is 1.48. The molecule has 2 rings (SSSR count). The number of ether oxygens (including phenoxy) is 1. The van der Waals surface area contributed by atoms with Gasteiger partial charge in [0, 0.05) is 5.75 Å². The highest BCUT2D eigenvalue weighted by atomic mass is 32.2. The van der Waals surface area contributed by atoms with Gasteiger partial charge >= 0.3 is 0 Å². The SMILES string of the molecule is c1n[nH]c(SCC2CO2)n1. The lowest BCUT2D eigenvalue weighted by Crippen LogP contribution is -1.89. The summed E-state index contributed by atoms with van der Waals surface area (Å²) in [5.41, 5.74) is 0. The Morgan fingerprint density at radius 2 is 2.80 bits per heavy atom. The first-order valence-corrected chi connectivity index (χ1v) is 4.03. The maximum atomic E-state index is 5.02. The van der Waals surface area contributed by atoms with Gasteiger partial charge in [-0.25, -0.2) is 4.98 Å². The van der Waals surface area contributed by atoms with E-state index in [9.17, 15) is 0 Å². The van der Waals surface area contributed by atoms with Gasteiger partial charge in [0.15, 0.2) is 5.16 Å². The highest BCUT2D eigenvalue weighted by Crippen LogP contribution is 2.19. The van der Waals surface area contributed by atoms with E-state index < -0.39 is 0 Å². The molecular weight excluding hydrogens is 150 g/mol. The van der Waals surface area contributed by atoms with Crippen molar-refractivity contribution < 1.29 is 4.74 Å². The standard InChI is InChI=1S/C5H7N3OS/c1-4(9-1)2-10-5-6-3-7-8-5/h3-4H,1-2H2,(H,6,7,8). The molecule has 1 N–H and O–H groups in total. The van der Waals surface area contributed by atoms with E-state index in [-0.39, 0.29) is 0 Å². The topological polar surface area (TPSA) is 54.1 Å². The Kier molecular flexibility index (Phi) is 1.60. The molecule has 1 fully saturated rings. The summed E-state index contributed by atoms with van der Waals surface area (Å²) in [7, 11) is 0. The van der Waals surface area contributed by atoms with Crippen molar-refractivity contribution in [3.8, 4) is 0 Å². The molecule has 0 aliphatic carbocycles. The molecule has 1 aliphatic heterocycles. The molecule has 0 aromatic carbocycles. The van der Waals surface area contributed by atoms with Crippen molar-refractivity contribution in [2.24, 2.45) is 0 Å². The monoisotopic (exact) mass is 157 g/mol. The summed E-state index contributed by atoms with van der Waals surface area (Å²) in [6, 6.07) is 0. The Bertz CT molecular complexity index is 197. The van der Waals surface area contributed by atoms with E-state index in [1.165, 1.54) is 6.33 Å². The summed E-state index contributed by atoms with van der Waals surface area (Å²) in [6.45, 7) is 0.904. The van der Waals surface area contributed by atoms with Gasteiger partial charge < -0.3 is 4.74 Å². The summed E-state index contributed by atoms with van der Waals surface area (Å²) in [4.78, 5) is 3.96. The van der Waals surface area contributed by atoms with Crippen LogP contribution in [0.3, 0.4) is 0 Å². The summed E-state index contributed by atoms with van der Waals surface area (Å²) < 4.78 is 5.02. The second kappa shape index (κ2) is 2.59. The van der Waals surface area contributed by atoms with E-state index in [4.69, 9.17) is 4.74 Å². The van der Waals surface area contributed by atoms with Crippen LogP contribution < -0.4 is 0 Å². The highest BCUT2D eigenvalue weighted by Gasteiger charge is 2.22. The zero-order valence-electron chi connectivity index (χ0n) is 5.28. The predicted octanol–water partition coefficient (Wildman–Crippen LogP) is 0.296. The molecule has 1 aliphatic rings. The molecule has 0 radical (unpaired) electrons. The van der Waals surface area contributed by atoms with Crippen molar-refractivity contribution in [3.05, 3.63) is 6.33 Å². The number of aromatic nitrogens is 3. The van der Waals surface area contributed by atoms with Gasteiger partial charge in [0.25, 0.3) is 0 Å². The van der Waals surface area contributed by atoms with Crippen LogP contribution in [0.4, 0.5) is 0 Å². The zero-order chi connectivity index (χ0) is 6.81. The second-order valence-corrected chi connectivity index (χ2v) is 3.07. The number of thioether (sulfide) groups is 1. The third-order valence-corrected chi connectivity index (χ3v) is 2.21. The van der Waals surface area contributed by atoms with E-state index in [0.29, 0.717) is 6.10 Å². The summed E-state index contributed by atoms with van der Waals surface area (Å²) in [5, 5.41) is 7.36. The Labute approximate surface area is 62.4 Å². The van der Waals surface area contributed by atoms with Crippen LogP contribution in [-0.4, -0.2) is 33.6 Å². The lowest BCUT2D eigenvalue weighted by Gasteiger charge is -1.89. The van der Waals surface area contributed by atoms with Crippen molar-refractivity contribution in [1.82, 2.24) is 15.2 Å². The van der Waals surface area contributed by atoms with Gasteiger partial charge in [-0.1, -0.05) is 11.8 Å². The van der Waals surface area contributed by atoms with Gasteiger partial charge in [-0.3, -0.25) is 5.10 Å². The van der Waals surface area contributed by atoms with Crippen molar-refractivity contribution in [1.29, 1.82) is 0 Å². The molecule has 0 saturated carbocycles. The number of hydrogen-bond donors (Lipinski definition) is 1. The van der Waals surface area contributed by atoms with Crippen molar-refractivity contribution in [2.45, 2.75) is 11.3 Å². The fraction of sp³-hybridized carbons (Fsp3) is 0.600. The van der Waals surface area contributed by atoms with Crippen LogP contribution in [0.2, 0.25) is 0 Å². The molecule has 54 valence electrons. The third-order valence-electron chi connectivity index (χ3n) is 1.20. The fourth-order valence-corrected chi connectivity index (χ4v) is 1.38. The molecule has 4 nitrogen and oxygen atoms in total.